The Kier molecular flexibility index (Phi) is 10.0. The first-order valence-electron chi connectivity index (χ1n) is 8.23. The van der Waals surface area contributed by atoms with E-state index < -0.39 is 6.36 Å². The summed E-state index contributed by atoms with van der Waals surface area (Å²) in [4.78, 5) is 2.18. The molecular weight excluding hydrogens is 564 g/mol. The first-order valence-corrected chi connectivity index (χ1v) is 9.82. The van der Waals surface area contributed by atoms with Crippen LogP contribution in [0.5, 0.6) is 11.5 Å². The quantitative estimate of drug-likeness (QED) is 0.489. The van der Waals surface area contributed by atoms with E-state index in [0.29, 0.717) is 10.0 Å². The van der Waals surface area contributed by atoms with Crippen LogP contribution in [0.4, 0.5) is 13.2 Å². The van der Waals surface area contributed by atoms with Gasteiger partial charge in [-0.1, -0.05) is 28.1 Å². The van der Waals surface area contributed by atoms with Gasteiger partial charge in [-0.15, -0.1) is 38.0 Å². The maximum atomic E-state index is 12.4. The van der Waals surface area contributed by atoms with Gasteiger partial charge in [-0.3, -0.25) is 4.90 Å². The van der Waals surface area contributed by atoms with Gasteiger partial charge in [0, 0.05) is 36.2 Å². The fraction of sp³-hybridized carbons (Fsp3) is 0.333. The lowest BCUT2D eigenvalue weighted by Crippen LogP contribution is -2.45. The van der Waals surface area contributed by atoms with E-state index in [9.17, 15) is 18.3 Å². The molecule has 0 spiro atoms. The Morgan fingerprint density at radius 1 is 0.966 bits per heavy atom. The highest BCUT2D eigenvalue weighted by Gasteiger charge is 2.32. The van der Waals surface area contributed by atoms with Crippen molar-refractivity contribution in [2.45, 2.75) is 12.4 Å². The number of phenolic OH excluding ortho intramolecular Hbond substituents is 1. The van der Waals surface area contributed by atoms with E-state index in [4.69, 9.17) is 0 Å². The first kappa shape index (κ1) is 26.3. The zero-order chi connectivity index (χ0) is 19.6. The molecule has 0 unspecified atom stereocenters. The van der Waals surface area contributed by atoms with E-state index in [0.717, 1.165) is 36.2 Å². The molecule has 2 aromatic carbocycles. The first-order chi connectivity index (χ1) is 12.8. The number of halogens is 7. The summed E-state index contributed by atoms with van der Waals surface area (Å²) in [5, 5.41) is 13.9. The second kappa shape index (κ2) is 11.1. The Labute approximate surface area is 195 Å². The molecule has 1 heterocycles. The molecule has 0 radical (unpaired) electrons. The zero-order valence-corrected chi connectivity index (χ0v) is 19.7. The summed E-state index contributed by atoms with van der Waals surface area (Å²) in [6.45, 7) is 3.06. The summed E-state index contributed by atoms with van der Waals surface area (Å²) in [6.07, 6.45) is -4.73. The molecule has 0 aromatic heterocycles. The van der Waals surface area contributed by atoms with Crippen molar-refractivity contribution in [3.63, 3.8) is 0 Å². The number of hydrogen-bond donors (Lipinski definition) is 2. The van der Waals surface area contributed by atoms with Gasteiger partial charge in [-0.25, -0.2) is 0 Å². The van der Waals surface area contributed by atoms with Crippen LogP contribution in [0.2, 0.25) is 0 Å². The highest BCUT2D eigenvalue weighted by Crippen LogP contribution is 2.43. The average molecular weight is 583 g/mol. The van der Waals surface area contributed by atoms with Gasteiger partial charge < -0.3 is 15.2 Å². The van der Waals surface area contributed by atoms with Crippen molar-refractivity contribution in [3.05, 3.63) is 56.5 Å². The summed E-state index contributed by atoms with van der Waals surface area (Å²) >= 11 is 6.85. The number of hydrogen-bond acceptors (Lipinski definition) is 4. The molecule has 0 bridgehead atoms. The van der Waals surface area contributed by atoms with Crippen molar-refractivity contribution in [3.8, 4) is 11.5 Å². The predicted octanol–water partition coefficient (Wildman–Crippen LogP) is 5.65. The van der Waals surface area contributed by atoms with Gasteiger partial charge in [0.15, 0.2) is 0 Å². The molecule has 1 aliphatic heterocycles. The fourth-order valence-corrected chi connectivity index (χ4v) is 4.05. The highest BCUT2D eigenvalue weighted by molar-refractivity contribution is 9.11. The molecule has 162 valence electrons. The number of benzene rings is 2. The molecule has 1 atom stereocenters. The third kappa shape index (κ3) is 6.63. The van der Waals surface area contributed by atoms with Gasteiger partial charge in [0.25, 0.3) is 0 Å². The van der Waals surface area contributed by atoms with Gasteiger partial charge in [0.1, 0.15) is 11.5 Å². The van der Waals surface area contributed by atoms with E-state index in [1.165, 1.54) is 12.1 Å². The van der Waals surface area contributed by atoms with Crippen LogP contribution in [0.3, 0.4) is 0 Å². The molecule has 0 amide bonds. The minimum absolute atomic E-state index is 0. The van der Waals surface area contributed by atoms with Crippen LogP contribution in [0.1, 0.15) is 17.2 Å². The van der Waals surface area contributed by atoms with Crippen LogP contribution in [0.25, 0.3) is 0 Å². The molecule has 2 aromatic rings. The Morgan fingerprint density at radius 2 is 1.52 bits per heavy atom. The molecule has 0 saturated carbocycles. The lowest BCUT2D eigenvalue weighted by Gasteiger charge is -2.36. The molecule has 3 rings (SSSR count). The van der Waals surface area contributed by atoms with Crippen molar-refractivity contribution < 1.29 is 23.0 Å². The largest absolute Gasteiger partial charge is 0.573 e. The van der Waals surface area contributed by atoms with E-state index in [2.05, 4.69) is 46.8 Å². The minimum atomic E-state index is -4.73. The maximum absolute atomic E-state index is 12.4. The van der Waals surface area contributed by atoms with E-state index in [1.807, 2.05) is 6.07 Å². The number of rotatable bonds is 4. The second-order valence-electron chi connectivity index (χ2n) is 6.10. The summed E-state index contributed by atoms with van der Waals surface area (Å²) < 4.78 is 42.5. The lowest BCUT2D eigenvalue weighted by atomic mass is 9.95. The van der Waals surface area contributed by atoms with E-state index in [1.54, 1.807) is 18.2 Å². The molecule has 1 saturated heterocycles. The molecule has 11 heteroatoms. The average Bonchev–Trinajstić information content (AvgIpc) is 2.62. The molecule has 2 N–H and O–H groups in total. The molecule has 4 nitrogen and oxygen atoms in total. The van der Waals surface area contributed by atoms with Crippen LogP contribution in [0.15, 0.2) is 45.3 Å². The summed E-state index contributed by atoms with van der Waals surface area (Å²) in [7, 11) is 0. The third-order valence-electron chi connectivity index (χ3n) is 4.33. The molecule has 0 aliphatic carbocycles. The van der Waals surface area contributed by atoms with Gasteiger partial charge in [-0.05, 0) is 45.8 Å². The number of ether oxygens (including phenoxy) is 1. The standard InChI is InChI=1S/C18H17Br2F3N2O2.2ClH/c19-13-5-6-14(20)17(26)15(13)16(25-9-7-24-8-10-25)11-1-3-12(4-2-11)27-18(21,22)23;;/h1-6,16,24,26H,7-10H2;2*1H/t16-;;/m1../s1. The van der Waals surface area contributed by atoms with Crippen molar-refractivity contribution in [2.24, 2.45) is 0 Å². The Balaban J connectivity index is 0.00000210. The molecular formula is C18H19Br2Cl2F3N2O2. The van der Waals surface area contributed by atoms with Crippen LogP contribution in [0, 0.1) is 0 Å². The molecule has 29 heavy (non-hydrogen) atoms. The number of piperazine rings is 1. The van der Waals surface area contributed by atoms with Crippen molar-refractivity contribution in [2.75, 3.05) is 26.2 Å². The van der Waals surface area contributed by atoms with Gasteiger partial charge in [0.2, 0.25) is 0 Å². The molecule has 1 fully saturated rings. The monoisotopic (exact) mass is 580 g/mol. The van der Waals surface area contributed by atoms with Crippen LogP contribution >= 0.6 is 56.7 Å². The predicted molar refractivity (Wildman–Crippen MR) is 117 cm³/mol. The van der Waals surface area contributed by atoms with Crippen LogP contribution in [-0.4, -0.2) is 42.5 Å². The fourth-order valence-electron chi connectivity index (χ4n) is 3.17. The van der Waals surface area contributed by atoms with Crippen molar-refractivity contribution in [1.29, 1.82) is 0 Å². The summed E-state index contributed by atoms with van der Waals surface area (Å²) in [6, 6.07) is 9.02. The maximum Gasteiger partial charge on any atom is 0.573 e. The number of nitrogens with zero attached hydrogens (tertiary/aromatic N) is 1. The zero-order valence-electron chi connectivity index (χ0n) is 14.9. The number of phenols is 1. The van der Waals surface area contributed by atoms with Crippen molar-refractivity contribution >= 4 is 56.7 Å². The highest BCUT2D eigenvalue weighted by atomic mass is 79.9. The smallest absolute Gasteiger partial charge is 0.506 e. The van der Waals surface area contributed by atoms with Gasteiger partial charge in [-0.2, -0.15) is 0 Å². The van der Waals surface area contributed by atoms with Gasteiger partial charge in [0.05, 0.1) is 10.5 Å². The van der Waals surface area contributed by atoms with Gasteiger partial charge >= 0.3 is 6.36 Å². The number of nitrogens with one attached hydrogen (secondary N) is 1. The van der Waals surface area contributed by atoms with E-state index >= 15 is 0 Å². The van der Waals surface area contributed by atoms with E-state index in [-0.39, 0.29) is 42.4 Å². The normalized spacial score (nSPS) is 15.8. The summed E-state index contributed by atoms with van der Waals surface area (Å²) in [5.41, 5.74) is 1.43. The third-order valence-corrected chi connectivity index (χ3v) is 5.67. The van der Waals surface area contributed by atoms with Crippen LogP contribution in [-0.2, 0) is 0 Å². The second-order valence-corrected chi connectivity index (χ2v) is 7.81. The number of alkyl halides is 3. The van der Waals surface area contributed by atoms with Crippen LogP contribution < -0.4 is 10.1 Å². The topological polar surface area (TPSA) is 44.7 Å². The minimum Gasteiger partial charge on any atom is -0.506 e. The Hall–Kier alpha value is -0.710. The Bertz CT molecular complexity index is 805. The Morgan fingerprint density at radius 3 is 2.07 bits per heavy atom. The van der Waals surface area contributed by atoms with Crippen molar-refractivity contribution in [1.82, 2.24) is 10.2 Å². The molecule has 1 aliphatic rings. The summed E-state index contributed by atoms with van der Waals surface area (Å²) in [5.74, 6) is -0.175. The number of aromatic hydroxyl groups is 1. The SMILES string of the molecule is Cl.Cl.Oc1c(Br)ccc(Br)c1[C@@H](c1ccc(OC(F)(F)F)cc1)N1CCNCC1. The lowest BCUT2D eigenvalue weighted by molar-refractivity contribution is -0.274.